The van der Waals surface area contributed by atoms with Crippen LogP contribution >= 0.6 is 0 Å². The molecule has 0 aliphatic carbocycles. The molecule has 2 aromatic rings. The number of carbonyl (C=O) groups excluding carboxylic acids is 2. The molecule has 1 aromatic carbocycles. The number of amides is 1. The highest BCUT2D eigenvalue weighted by Crippen LogP contribution is 2.19. The van der Waals surface area contributed by atoms with E-state index in [1.54, 1.807) is 12.4 Å². The Balaban J connectivity index is 1.78. The van der Waals surface area contributed by atoms with Crippen molar-refractivity contribution >= 4 is 22.8 Å². The standard InChI is InChI=1S/C18H19N3O3/c1-24-18(23)16(21-17(22)12-5-4-8-19-10-12)9-13-11-20-15-7-3-2-6-14(13)15/h2-4,6-8,10-11,16,19-20H,5,9H2,1H3,(H,21,22). The molecule has 124 valence electrons. The number of esters is 1. The molecule has 0 bridgehead atoms. The highest BCUT2D eigenvalue weighted by Gasteiger charge is 2.24. The molecule has 1 aliphatic rings. The van der Waals surface area contributed by atoms with Gasteiger partial charge >= 0.3 is 5.97 Å². The number of nitrogens with one attached hydrogen (secondary N) is 3. The predicted octanol–water partition coefficient (Wildman–Crippen LogP) is 1.76. The molecule has 2 heterocycles. The zero-order valence-electron chi connectivity index (χ0n) is 13.3. The van der Waals surface area contributed by atoms with Gasteiger partial charge in [0.05, 0.1) is 7.11 Å². The van der Waals surface area contributed by atoms with Gasteiger partial charge in [0.1, 0.15) is 6.04 Å². The molecule has 1 amide bonds. The average molecular weight is 325 g/mol. The number of allylic oxidation sites excluding steroid dienone is 1. The lowest BCUT2D eigenvalue weighted by atomic mass is 10.0. The van der Waals surface area contributed by atoms with E-state index in [-0.39, 0.29) is 5.91 Å². The summed E-state index contributed by atoms with van der Waals surface area (Å²) >= 11 is 0. The maximum atomic E-state index is 12.4. The lowest BCUT2D eigenvalue weighted by Crippen LogP contribution is -2.43. The molecule has 0 radical (unpaired) electrons. The third-order valence-corrected chi connectivity index (χ3v) is 3.99. The molecule has 24 heavy (non-hydrogen) atoms. The van der Waals surface area contributed by atoms with E-state index in [2.05, 4.69) is 15.6 Å². The second-order valence-electron chi connectivity index (χ2n) is 5.56. The number of para-hydroxylation sites is 1. The first-order valence-electron chi connectivity index (χ1n) is 7.73. The minimum Gasteiger partial charge on any atom is -0.467 e. The van der Waals surface area contributed by atoms with Crippen molar-refractivity contribution in [3.05, 3.63) is 60.1 Å². The first-order chi connectivity index (χ1) is 11.7. The van der Waals surface area contributed by atoms with Crippen molar-refractivity contribution in [2.75, 3.05) is 7.11 Å². The third-order valence-electron chi connectivity index (χ3n) is 3.99. The molecule has 6 nitrogen and oxygen atoms in total. The zero-order valence-corrected chi connectivity index (χ0v) is 13.3. The van der Waals surface area contributed by atoms with Crippen molar-refractivity contribution in [1.29, 1.82) is 0 Å². The Hall–Kier alpha value is -3.02. The summed E-state index contributed by atoms with van der Waals surface area (Å²) in [5.74, 6) is -0.740. The number of H-pyrrole nitrogens is 1. The Labute approximate surface area is 139 Å². The van der Waals surface area contributed by atoms with Crippen LogP contribution in [0.3, 0.4) is 0 Å². The number of ether oxygens (including phenoxy) is 1. The highest BCUT2D eigenvalue weighted by atomic mass is 16.5. The van der Waals surface area contributed by atoms with E-state index in [9.17, 15) is 9.59 Å². The Kier molecular flexibility index (Phi) is 4.65. The monoisotopic (exact) mass is 325 g/mol. The largest absolute Gasteiger partial charge is 0.467 e. The van der Waals surface area contributed by atoms with E-state index in [1.807, 2.05) is 36.5 Å². The van der Waals surface area contributed by atoms with Gasteiger partial charge in [0.25, 0.3) is 0 Å². The summed E-state index contributed by atoms with van der Waals surface area (Å²) in [5.41, 5.74) is 2.52. The molecule has 1 aliphatic heterocycles. The molecule has 3 rings (SSSR count). The first-order valence-corrected chi connectivity index (χ1v) is 7.73. The Bertz CT molecular complexity index is 820. The van der Waals surface area contributed by atoms with Gasteiger partial charge in [0.2, 0.25) is 5.91 Å². The quantitative estimate of drug-likeness (QED) is 0.732. The van der Waals surface area contributed by atoms with Gasteiger partial charge in [-0.05, 0) is 24.3 Å². The average Bonchev–Trinajstić information content (AvgIpc) is 3.04. The number of methoxy groups -OCH3 is 1. The second-order valence-corrected chi connectivity index (χ2v) is 5.56. The van der Waals surface area contributed by atoms with Crippen LogP contribution in [0.4, 0.5) is 0 Å². The van der Waals surface area contributed by atoms with Crippen molar-refractivity contribution in [2.45, 2.75) is 18.9 Å². The van der Waals surface area contributed by atoms with E-state index in [0.29, 0.717) is 18.4 Å². The van der Waals surface area contributed by atoms with E-state index in [1.165, 1.54) is 7.11 Å². The molecule has 1 aromatic heterocycles. The van der Waals surface area contributed by atoms with Crippen molar-refractivity contribution in [2.24, 2.45) is 0 Å². The van der Waals surface area contributed by atoms with Gasteiger partial charge < -0.3 is 20.4 Å². The summed E-state index contributed by atoms with van der Waals surface area (Å²) in [5, 5.41) is 6.68. The zero-order chi connectivity index (χ0) is 16.9. The van der Waals surface area contributed by atoms with Crippen molar-refractivity contribution in [3.8, 4) is 0 Å². The molecule has 0 saturated carbocycles. The lowest BCUT2D eigenvalue weighted by Gasteiger charge is -2.18. The predicted molar refractivity (Wildman–Crippen MR) is 90.9 cm³/mol. The summed E-state index contributed by atoms with van der Waals surface area (Å²) in [6.07, 6.45) is 7.99. The number of benzene rings is 1. The molecule has 0 fully saturated rings. The van der Waals surface area contributed by atoms with Gasteiger partial charge in [0.15, 0.2) is 0 Å². The van der Waals surface area contributed by atoms with Crippen LogP contribution in [-0.2, 0) is 20.7 Å². The maximum Gasteiger partial charge on any atom is 0.328 e. The fraction of sp³-hybridized carbons (Fsp3) is 0.222. The summed E-state index contributed by atoms with van der Waals surface area (Å²) < 4.78 is 4.85. The Morgan fingerprint density at radius 2 is 2.17 bits per heavy atom. The van der Waals surface area contributed by atoms with Gasteiger partial charge in [-0.25, -0.2) is 4.79 Å². The van der Waals surface area contributed by atoms with E-state index in [0.717, 1.165) is 16.5 Å². The summed E-state index contributed by atoms with van der Waals surface area (Å²) in [6, 6.07) is 7.09. The van der Waals surface area contributed by atoms with Crippen molar-refractivity contribution < 1.29 is 14.3 Å². The number of aromatic nitrogens is 1. The number of hydrogen-bond acceptors (Lipinski definition) is 4. The molecular formula is C18H19N3O3. The number of dihydropyridines is 1. The van der Waals surface area contributed by atoms with E-state index in [4.69, 9.17) is 4.74 Å². The van der Waals surface area contributed by atoms with Gasteiger partial charge in [-0.15, -0.1) is 0 Å². The number of rotatable bonds is 5. The minimum atomic E-state index is -0.742. The van der Waals surface area contributed by atoms with Crippen LogP contribution in [0, 0.1) is 0 Å². The van der Waals surface area contributed by atoms with Crippen molar-refractivity contribution in [1.82, 2.24) is 15.6 Å². The van der Waals surface area contributed by atoms with Gasteiger partial charge in [-0.3, -0.25) is 4.79 Å². The van der Waals surface area contributed by atoms with E-state index >= 15 is 0 Å². The molecule has 1 unspecified atom stereocenters. The molecule has 3 N–H and O–H groups in total. The number of hydrogen-bond donors (Lipinski definition) is 3. The topological polar surface area (TPSA) is 83.2 Å². The van der Waals surface area contributed by atoms with Crippen LogP contribution in [0.2, 0.25) is 0 Å². The summed E-state index contributed by atoms with van der Waals surface area (Å²) in [6.45, 7) is 0. The summed E-state index contributed by atoms with van der Waals surface area (Å²) in [7, 11) is 1.32. The minimum absolute atomic E-state index is 0.276. The van der Waals surface area contributed by atoms with Gasteiger partial charge in [-0.1, -0.05) is 24.3 Å². The van der Waals surface area contributed by atoms with Crippen molar-refractivity contribution in [3.63, 3.8) is 0 Å². The van der Waals surface area contributed by atoms with Crippen LogP contribution in [0.5, 0.6) is 0 Å². The van der Waals surface area contributed by atoms with Crippen LogP contribution in [-0.4, -0.2) is 30.0 Å². The first kappa shape index (κ1) is 15.9. The number of aromatic amines is 1. The molecule has 0 spiro atoms. The van der Waals surface area contributed by atoms with E-state index < -0.39 is 12.0 Å². The van der Waals surface area contributed by atoms with Crippen LogP contribution in [0.25, 0.3) is 10.9 Å². The third kappa shape index (κ3) is 3.32. The summed E-state index contributed by atoms with van der Waals surface area (Å²) in [4.78, 5) is 27.6. The van der Waals surface area contributed by atoms with Gasteiger partial charge in [-0.2, -0.15) is 0 Å². The normalized spacial score (nSPS) is 14.6. The molecule has 0 saturated heterocycles. The molecule has 6 heteroatoms. The highest BCUT2D eigenvalue weighted by molar-refractivity contribution is 5.96. The molecule has 1 atom stereocenters. The fourth-order valence-electron chi connectivity index (χ4n) is 2.73. The van der Waals surface area contributed by atoms with Crippen LogP contribution in [0.15, 0.2) is 54.5 Å². The Morgan fingerprint density at radius 1 is 1.33 bits per heavy atom. The van der Waals surface area contributed by atoms with Gasteiger partial charge in [0, 0.05) is 35.3 Å². The van der Waals surface area contributed by atoms with Crippen LogP contribution < -0.4 is 10.6 Å². The Morgan fingerprint density at radius 3 is 2.92 bits per heavy atom. The fourth-order valence-corrected chi connectivity index (χ4v) is 2.73. The number of carbonyl (C=O) groups is 2. The van der Waals surface area contributed by atoms with Crippen LogP contribution in [0.1, 0.15) is 12.0 Å². The molecular weight excluding hydrogens is 306 g/mol. The maximum absolute atomic E-state index is 12.4. The smallest absolute Gasteiger partial charge is 0.328 e. The lowest BCUT2D eigenvalue weighted by molar-refractivity contribution is -0.144. The second kappa shape index (κ2) is 7.04. The SMILES string of the molecule is COC(=O)C(Cc1c[nH]c2ccccc12)NC(=O)C1=CNC=CC1. The number of fused-ring (bicyclic) bond motifs is 1.